The van der Waals surface area contributed by atoms with Crippen LogP contribution >= 0.6 is 0 Å². The summed E-state index contributed by atoms with van der Waals surface area (Å²) >= 11 is 0. The Bertz CT molecular complexity index is 706. The molecule has 0 bridgehead atoms. The molecule has 0 atom stereocenters. The average Bonchev–Trinajstić information content (AvgIpc) is 2.60. The molecule has 0 saturated carbocycles. The molecule has 0 heterocycles. The summed E-state index contributed by atoms with van der Waals surface area (Å²) < 4.78 is 20.2. The van der Waals surface area contributed by atoms with Crippen molar-refractivity contribution in [3.63, 3.8) is 0 Å². The summed E-state index contributed by atoms with van der Waals surface area (Å²) in [6.07, 6.45) is 0. The standard InChI is InChI=1S/C17H16O6/c1-20-14-6-4-5-13(15(14)21-2)17(19)23-12-9-7-11(8-10-12)16(18)22-3/h4-10H,1-3H3. The number of esters is 2. The third kappa shape index (κ3) is 3.60. The van der Waals surface area contributed by atoms with E-state index in [0.717, 1.165) is 0 Å². The summed E-state index contributed by atoms with van der Waals surface area (Å²) in [4.78, 5) is 23.6. The maximum Gasteiger partial charge on any atom is 0.347 e. The number of carbonyl (C=O) groups excluding carboxylic acids is 2. The van der Waals surface area contributed by atoms with Crippen LogP contribution in [-0.4, -0.2) is 33.3 Å². The Hall–Kier alpha value is -3.02. The summed E-state index contributed by atoms with van der Waals surface area (Å²) in [7, 11) is 4.23. The van der Waals surface area contributed by atoms with Gasteiger partial charge < -0.3 is 18.9 Å². The second-order valence-electron chi connectivity index (χ2n) is 4.45. The average molecular weight is 316 g/mol. The number of ether oxygens (including phenoxy) is 4. The van der Waals surface area contributed by atoms with Gasteiger partial charge in [-0.2, -0.15) is 0 Å². The van der Waals surface area contributed by atoms with Gasteiger partial charge in [0.1, 0.15) is 11.3 Å². The normalized spacial score (nSPS) is 9.87. The van der Waals surface area contributed by atoms with Crippen molar-refractivity contribution in [2.75, 3.05) is 21.3 Å². The first kappa shape index (κ1) is 16.4. The fraction of sp³-hybridized carbons (Fsp3) is 0.176. The van der Waals surface area contributed by atoms with E-state index >= 15 is 0 Å². The Morgan fingerprint density at radius 3 is 2.09 bits per heavy atom. The van der Waals surface area contributed by atoms with E-state index in [4.69, 9.17) is 14.2 Å². The largest absolute Gasteiger partial charge is 0.493 e. The van der Waals surface area contributed by atoms with E-state index in [0.29, 0.717) is 22.8 Å². The molecular weight excluding hydrogens is 300 g/mol. The fourth-order valence-corrected chi connectivity index (χ4v) is 1.99. The summed E-state index contributed by atoms with van der Waals surface area (Å²) in [6, 6.07) is 11.0. The fourth-order valence-electron chi connectivity index (χ4n) is 1.99. The summed E-state index contributed by atoms with van der Waals surface area (Å²) in [5.74, 6) is -0.0226. The molecule has 6 heteroatoms. The van der Waals surface area contributed by atoms with Crippen molar-refractivity contribution in [1.82, 2.24) is 0 Å². The highest BCUT2D eigenvalue weighted by Crippen LogP contribution is 2.31. The van der Waals surface area contributed by atoms with Gasteiger partial charge in [-0.15, -0.1) is 0 Å². The van der Waals surface area contributed by atoms with E-state index in [1.807, 2.05) is 0 Å². The summed E-state index contributed by atoms with van der Waals surface area (Å²) in [5.41, 5.74) is 0.607. The van der Waals surface area contributed by atoms with Crippen LogP contribution in [0, 0.1) is 0 Å². The molecule has 0 saturated heterocycles. The lowest BCUT2D eigenvalue weighted by molar-refractivity contribution is 0.0600. The van der Waals surface area contributed by atoms with Crippen molar-refractivity contribution in [3.8, 4) is 17.2 Å². The Balaban J connectivity index is 2.21. The quantitative estimate of drug-likeness (QED) is 0.624. The zero-order valence-electron chi connectivity index (χ0n) is 13.0. The van der Waals surface area contributed by atoms with Crippen molar-refractivity contribution >= 4 is 11.9 Å². The van der Waals surface area contributed by atoms with Crippen molar-refractivity contribution in [2.24, 2.45) is 0 Å². The second kappa shape index (κ2) is 7.31. The van der Waals surface area contributed by atoms with Gasteiger partial charge in [0.2, 0.25) is 0 Å². The lowest BCUT2D eigenvalue weighted by atomic mass is 10.2. The van der Waals surface area contributed by atoms with Gasteiger partial charge in [0.15, 0.2) is 11.5 Å². The molecule has 0 unspecified atom stereocenters. The molecule has 120 valence electrons. The highest BCUT2D eigenvalue weighted by atomic mass is 16.5. The van der Waals surface area contributed by atoms with Gasteiger partial charge in [-0.1, -0.05) is 6.07 Å². The minimum Gasteiger partial charge on any atom is -0.493 e. The van der Waals surface area contributed by atoms with Gasteiger partial charge in [0.05, 0.1) is 26.9 Å². The molecule has 0 aliphatic heterocycles. The molecule has 0 spiro atoms. The zero-order valence-corrected chi connectivity index (χ0v) is 13.0. The SMILES string of the molecule is COC(=O)c1ccc(OC(=O)c2cccc(OC)c2OC)cc1. The van der Waals surface area contributed by atoms with E-state index in [2.05, 4.69) is 4.74 Å². The lowest BCUT2D eigenvalue weighted by Crippen LogP contribution is -2.11. The van der Waals surface area contributed by atoms with Crippen LogP contribution in [0.2, 0.25) is 0 Å². The van der Waals surface area contributed by atoms with Gasteiger partial charge in [-0.05, 0) is 36.4 Å². The number of carbonyl (C=O) groups is 2. The number of hydrogen-bond donors (Lipinski definition) is 0. The van der Waals surface area contributed by atoms with E-state index < -0.39 is 11.9 Å². The van der Waals surface area contributed by atoms with Crippen LogP contribution in [0.15, 0.2) is 42.5 Å². The Labute approximate surface area is 133 Å². The lowest BCUT2D eigenvalue weighted by Gasteiger charge is -2.12. The maximum absolute atomic E-state index is 12.3. The van der Waals surface area contributed by atoms with Crippen LogP contribution in [0.25, 0.3) is 0 Å². The number of rotatable bonds is 5. The minimum absolute atomic E-state index is 0.240. The number of benzene rings is 2. The highest BCUT2D eigenvalue weighted by molar-refractivity contribution is 5.95. The molecule has 2 aromatic carbocycles. The second-order valence-corrected chi connectivity index (χ2v) is 4.45. The monoisotopic (exact) mass is 316 g/mol. The molecule has 2 aromatic rings. The van der Waals surface area contributed by atoms with Crippen LogP contribution in [-0.2, 0) is 4.74 Å². The Morgan fingerprint density at radius 1 is 0.826 bits per heavy atom. The molecule has 0 N–H and O–H groups in total. The molecular formula is C17H16O6. The molecule has 2 rings (SSSR count). The molecule has 0 amide bonds. The van der Waals surface area contributed by atoms with E-state index in [9.17, 15) is 9.59 Å². The van der Waals surface area contributed by atoms with Crippen molar-refractivity contribution in [3.05, 3.63) is 53.6 Å². The molecule has 6 nitrogen and oxygen atoms in total. The van der Waals surface area contributed by atoms with Crippen LogP contribution in [0.3, 0.4) is 0 Å². The smallest absolute Gasteiger partial charge is 0.347 e. The molecule has 0 aliphatic rings. The van der Waals surface area contributed by atoms with Crippen molar-refractivity contribution in [2.45, 2.75) is 0 Å². The molecule has 23 heavy (non-hydrogen) atoms. The maximum atomic E-state index is 12.3. The predicted molar refractivity (Wildman–Crippen MR) is 82.3 cm³/mol. The first-order valence-corrected chi connectivity index (χ1v) is 6.72. The molecule has 0 radical (unpaired) electrons. The van der Waals surface area contributed by atoms with Gasteiger partial charge in [0, 0.05) is 0 Å². The van der Waals surface area contributed by atoms with Gasteiger partial charge in [0.25, 0.3) is 0 Å². The number of hydrogen-bond acceptors (Lipinski definition) is 6. The van der Waals surface area contributed by atoms with Crippen molar-refractivity contribution < 1.29 is 28.5 Å². The van der Waals surface area contributed by atoms with Gasteiger partial charge in [-0.25, -0.2) is 9.59 Å². The van der Waals surface area contributed by atoms with Crippen LogP contribution < -0.4 is 14.2 Å². The van der Waals surface area contributed by atoms with Gasteiger partial charge >= 0.3 is 11.9 Å². The van der Waals surface area contributed by atoms with Crippen LogP contribution in [0.4, 0.5) is 0 Å². The first-order chi connectivity index (χ1) is 11.1. The van der Waals surface area contributed by atoms with Gasteiger partial charge in [-0.3, -0.25) is 0 Å². The van der Waals surface area contributed by atoms with Crippen molar-refractivity contribution in [1.29, 1.82) is 0 Å². The Morgan fingerprint density at radius 2 is 1.52 bits per heavy atom. The van der Waals surface area contributed by atoms with Crippen LogP contribution in [0.1, 0.15) is 20.7 Å². The first-order valence-electron chi connectivity index (χ1n) is 6.72. The highest BCUT2D eigenvalue weighted by Gasteiger charge is 2.18. The predicted octanol–water partition coefficient (Wildman–Crippen LogP) is 2.71. The third-order valence-corrected chi connectivity index (χ3v) is 3.11. The molecule has 0 fully saturated rings. The summed E-state index contributed by atoms with van der Waals surface area (Å²) in [5, 5.41) is 0. The minimum atomic E-state index is -0.591. The van der Waals surface area contributed by atoms with E-state index in [-0.39, 0.29) is 5.56 Å². The topological polar surface area (TPSA) is 71.1 Å². The third-order valence-electron chi connectivity index (χ3n) is 3.11. The number of para-hydroxylation sites is 1. The van der Waals surface area contributed by atoms with E-state index in [1.165, 1.54) is 45.6 Å². The summed E-state index contributed by atoms with van der Waals surface area (Å²) in [6.45, 7) is 0. The Kier molecular flexibility index (Phi) is 5.19. The zero-order chi connectivity index (χ0) is 16.8. The molecule has 0 aliphatic carbocycles. The molecule has 0 aromatic heterocycles. The number of methoxy groups -OCH3 is 3. The van der Waals surface area contributed by atoms with E-state index in [1.54, 1.807) is 18.2 Å². The van der Waals surface area contributed by atoms with Crippen LogP contribution in [0.5, 0.6) is 17.2 Å².